The molecule has 0 saturated heterocycles. The van der Waals surface area contributed by atoms with Crippen molar-refractivity contribution in [1.82, 2.24) is 5.32 Å². The Balaban J connectivity index is 0.828. The van der Waals surface area contributed by atoms with E-state index in [-0.39, 0.29) is 81.7 Å². The summed E-state index contributed by atoms with van der Waals surface area (Å²) in [4.78, 5) is 26.2. The van der Waals surface area contributed by atoms with Crippen molar-refractivity contribution in [1.29, 1.82) is 0 Å². The van der Waals surface area contributed by atoms with E-state index in [2.05, 4.69) is 53.8 Å². The van der Waals surface area contributed by atoms with E-state index in [4.69, 9.17) is 9.29 Å². The van der Waals surface area contributed by atoms with Crippen molar-refractivity contribution in [2.75, 3.05) is 12.3 Å². The number of fused-ring (bicyclic) bond motifs is 10. The SMILES string of the molecule is C[C@H](CCC(=O)O[C@@H]1CC[C@@]2(C)[C@@H](C1)C[C@@H](O)[C@@H]1[C@@H]2CC[C@@]2(C)[C@H]1CC[C@]2(C)[C@H](C)CCC(=O)NCCS(=O)(=O)O)[C@H]1CC[C@H]2[C@@H]3[C@H](O)C[C@@H]4C[C@H](O)CC[C@]4(C)[C@H]3CC[C@]12C. The number of carbonyl (C=O) groups excluding carboxylic acids is 2. The molecule has 0 aromatic heterocycles. The molecule has 0 heterocycles. The van der Waals surface area contributed by atoms with E-state index in [1.54, 1.807) is 0 Å². The molecule has 0 unspecified atom stereocenters. The molecule has 354 valence electrons. The molecule has 0 spiro atoms. The van der Waals surface area contributed by atoms with Crippen LogP contribution in [0.5, 0.6) is 0 Å². The third-order valence-electron chi connectivity index (χ3n) is 22.4. The van der Waals surface area contributed by atoms with E-state index in [1.165, 1.54) is 25.7 Å². The summed E-state index contributed by atoms with van der Waals surface area (Å²) < 4.78 is 37.5. The van der Waals surface area contributed by atoms with E-state index >= 15 is 0 Å². The van der Waals surface area contributed by atoms with Gasteiger partial charge in [0.1, 0.15) is 6.10 Å². The lowest BCUT2D eigenvalue weighted by atomic mass is 9.42. The van der Waals surface area contributed by atoms with Gasteiger partial charge in [0, 0.05) is 19.4 Å². The van der Waals surface area contributed by atoms with Gasteiger partial charge in [0.2, 0.25) is 5.91 Å². The number of hydrogen-bond acceptors (Lipinski definition) is 8. The molecule has 0 aliphatic heterocycles. The molecule has 0 aromatic rings. The monoisotopic (exact) mass is 888 g/mol. The van der Waals surface area contributed by atoms with Gasteiger partial charge in [-0.05, 0) is 208 Å². The Kier molecular flexibility index (Phi) is 13.0. The summed E-state index contributed by atoms with van der Waals surface area (Å²) in [6.45, 7) is 16.9. The molecule has 5 N–H and O–H groups in total. The minimum absolute atomic E-state index is 0.0237. The first-order chi connectivity index (χ1) is 29.0. The maximum atomic E-state index is 13.6. The maximum absolute atomic E-state index is 13.6. The highest BCUT2D eigenvalue weighted by molar-refractivity contribution is 7.85. The quantitative estimate of drug-likeness (QED) is 0.0950. The van der Waals surface area contributed by atoms with E-state index in [0.717, 1.165) is 83.5 Å². The average molecular weight is 888 g/mol. The van der Waals surface area contributed by atoms with Crippen LogP contribution in [-0.2, 0) is 24.4 Å². The highest BCUT2D eigenvalue weighted by Gasteiger charge is 2.67. The molecule has 0 bridgehead atoms. The predicted molar refractivity (Wildman–Crippen MR) is 240 cm³/mol. The summed E-state index contributed by atoms with van der Waals surface area (Å²) in [5, 5.41) is 36.9. The van der Waals surface area contributed by atoms with Gasteiger partial charge in [-0.15, -0.1) is 0 Å². The molecule has 1 amide bonds. The average Bonchev–Trinajstić information content (AvgIpc) is 3.70. The first-order valence-corrected chi connectivity index (χ1v) is 27.1. The topological polar surface area (TPSA) is 170 Å². The summed E-state index contributed by atoms with van der Waals surface area (Å²) in [7, 11) is -4.11. The second kappa shape index (κ2) is 17.1. The molecule has 20 atom stereocenters. The Morgan fingerprint density at radius 3 is 1.94 bits per heavy atom. The van der Waals surface area contributed by atoms with Gasteiger partial charge in [0.25, 0.3) is 10.1 Å². The molecule has 62 heavy (non-hydrogen) atoms. The van der Waals surface area contributed by atoms with Gasteiger partial charge in [-0.2, -0.15) is 8.42 Å². The highest BCUT2D eigenvalue weighted by Crippen LogP contribution is 2.73. The lowest BCUT2D eigenvalue weighted by molar-refractivity contribution is -0.189. The van der Waals surface area contributed by atoms with Crippen LogP contribution in [0.4, 0.5) is 0 Å². The van der Waals surface area contributed by atoms with Gasteiger partial charge < -0.3 is 25.4 Å². The van der Waals surface area contributed by atoms with Gasteiger partial charge in [0.05, 0.1) is 24.1 Å². The summed E-state index contributed by atoms with van der Waals surface area (Å²) in [6, 6.07) is 0. The number of carbonyl (C=O) groups is 2. The standard InChI is InChI=1S/C51H85NO9S/c1-30(36-10-11-37-45-38(16-21-49(36,37)5)47(3)19-14-34(53)26-32(47)28-41(45)54)8-13-44(57)61-35-15-20-48(4)33(27-35)29-42(55)46-39(48)17-23-51(7)40(46)18-22-50(51,6)31(2)9-12-43(56)52-24-25-62(58,59)60/h30-42,45-46,53-55H,8-29H2,1-7H3,(H,52,56)(H,58,59,60)/t30-,31-,32+,33+,34-,35-,36-,37+,38+,39+,40+,41-,42-,45+,46-,47+,48+,49-,50-,51+/m1/s1. The first-order valence-electron chi connectivity index (χ1n) is 25.5. The number of rotatable bonds is 12. The third-order valence-corrected chi connectivity index (χ3v) is 23.1. The number of nitrogens with one attached hydrogen (secondary N) is 1. The van der Waals surface area contributed by atoms with Crippen LogP contribution in [0.15, 0.2) is 0 Å². The van der Waals surface area contributed by atoms with Crippen LogP contribution in [-0.4, -0.2) is 76.9 Å². The normalized spacial score (nSPS) is 49.5. The van der Waals surface area contributed by atoms with Gasteiger partial charge in [0.15, 0.2) is 0 Å². The minimum Gasteiger partial charge on any atom is -0.462 e. The van der Waals surface area contributed by atoms with Crippen molar-refractivity contribution >= 4 is 22.0 Å². The van der Waals surface area contributed by atoms with Crippen molar-refractivity contribution in [3.63, 3.8) is 0 Å². The molecule has 10 nitrogen and oxygen atoms in total. The zero-order valence-electron chi connectivity index (χ0n) is 39.5. The van der Waals surface area contributed by atoms with E-state index in [0.29, 0.717) is 72.5 Å². The van der Waals surface area contributed by atoms with E-state index in [1.807, 2.05) is 0 Å². The number of aliphatic hydroxyl groups is 3. The second-order valence-electron chi connectivity index (χ2n) is 24.6. The summed E-state index contributed by atoms with van der Waals surface area (Å²) in [5.74, 6) is 3.83. The van der Waals surface area contributed by atoms with Crippen molar-refractivity contribution in [3.8, 4) is 0 Å². The van der Waals surface area contributed by atoms with E-state index < -0.39 is 15.9 Å². The molecular weight excluding hydrogens is 803 g/mol. The van der Waals surface area contributed by atoms with Gasteiger partial charge >= 0.3 is 5.97 Å². The third kappa shape index (κ3) is 8.07. The largest absolute Gasteiger partial charge is 0.462 e. The second-order valence-corrected chi connectivity index (χ2v) is 26.2. The summed E-state index contributed by atoms with van der Waals surface area (Å²) in [5.41, 5.74) is 0.613. The van der Waals surface area contributed by atoms with Gasteiger partial charge in [-0.1, -0.05) is 48.5 Å². The van der Waals surface area contributed by atoms with Crippen molar-refractivity contribution in [2.45, 2.75) is 201 Å². The van der Waals surface area contributed by atoms with Crippen LogP contribution in [0, 0.1) is 92.2 Å². The van der Waals surface area contributed by atoms with Crippen LogP contribution in [0.3, 0.4) is 0 Å². The fourth-order valence-electron chi connectivity index (χ4n) is 18.4. The van der Waals surface area contributed by atoms with Crippen molar-refractivity contribution in [3.05, 3.63) is 0 Å². The molecule has 8 aliphatic carbocycles. The fourth-order valence-corrected chi connectivity index (χ4v) is 18.8. The van der Waals surface area contributed by atoms with Crippen LogP contribution in [0.2, 0.25) is 0 Å². The molecule has 8 fully saturated rings. The summed E-state index contributed by atoms with van der Waals surface area (Å²) in [6.07, 6.45) is 17.7. The zero-order chi connectivity index (χ0) is 44.8. The van der Waals surface area contributed by atoms with Crippen LogP contribution < -0.4 is 5.32 Å². The Morgan fingerprint density at radius 1 is 0.677 bits per heavy atom. The van der Waals surface area contributed by atoms with Crippen LogP contribution in [0.25, 0.3) is 0 Å². The fraction of sp³-hybridized carbons (Fsp3) is 0.961. The Morgan fingerprint density at radius 2 is 1.26 bits per heavy atom. The predicted octanol–water partition coefficient (Wildman–Crippen LogP) is 8.75. The van der Waals surface area contributed by atoms with Crippen molar-refractivity contribution in [2.24, 2.45) is 92.2 Å². The first kappa shape index (κ1) is 47.2. The lowest BCUT2D eigenvalue weighted by Crippen LogP contribution is -2.59. The number of amides is 1. The molecule has 8 aliphatic rings. The molecule has 0 aromatic carbocycles. The lowest BCUT2D eigenvalue weighted by Gasteiger charge is -2.63. The van der Waals surface area contributed by atoms with Crippen LogP contribution in [0.1, 0.15) is 177 Å². The van der Waals surface area contributed by atoms with Gasteiger partial charge in [-0.25, -0.2) is 0 Å². The minimum atomic E-state index is -4.11. The maximum Gasteiger partial charge on any atom is 0.306 e. The van der Waals surface area contributed by atoms with Gasteiger partial charge in [-0.3, -0.25) is 14.1 Å². The van der Waals surface area contributed by atoms with Crippen LogP contribution >= 0.6 is 0 Å². The smallest absolute Gasteiger partial charge is 0.306 e. The highest BCUT2D eigenvalue weighted by atomic mass is 32.2. The number of hydrogen-bond donors (Lipinski definition) is 5. The molecular formula is C51H85NO9S. The van der Waals surface area contributed by atoms with Crippen molar-refractivity contribution < 1.29 is 42.6 Å². The zero-order valence-corrected chi connectivity index (χ0v) is 40.3. The Labute approximate surface area is 374 Å². The molecule has 8 rings (SSSR count). The number of ether oxygens (including phenoxy) is 1. The van der Waals surface area contributed by atoms with E-state index in [9.17, 15) is 33.3 Å². The molecule has 8 saturated carbocycles. The Bertz CT molecular complexity index is 1780. The summed E-state index contributed by atoms with van der Waals surface area (Å²) >= 11 is 0. The number of aliphatic hydroxyl groups excluding tert-OH is 3. The molecule has 0 radical (unpaired) electrons. The number of esters is 1. The Hall–Kier alpha value is -1.27. The molecule has 11 heteroatoms.